The Bertz CT molecular complexity index is 463. The number of Topliss-reactive ketones (excluding diaryl/α,β-unsaturated/α-hetero) is 1. The molecule has 104 valence electrons. The Labute approximate surface area is 114 Å². The van der Waals surface area contributed by atoms with Gasteiger partial charge in [0.2, 0.25) is 0 Å². The summed E-state index contributed by atoms with van der Waals surface area (Å²) in [5, 5.41) is 0. The van der Waals surface area contributed by atoms with Crippen molar-refractivity contribution in [3.8, 4) is 11.5 Å². The summed E-state index contributed by atoms with van der Waals surface area (Å²) in [5.74, 6) is 1.95. The van der Waals surface area contributed by atoms with Crippen molar-refractivity contribution in [2.24, 2.45) is 0 Å². The van der Waals surface area contributed by atoms with Crippen LogP contribution in [-0.4, -0.2) is 18.0 Å². The maximum absolute atomic E-state index is 10.8. The molecule has 2 rings (SSSR count). The lowest BCUT2D eigenvalue weighted by atomic mass is 10.0. The van der Waals surface area contributed by atoms with Crippen molar-refractivity contribution in [1.82, 2.24) is 0 Å². The zero-order valence-corrected chi connectivity index (χ0v) is 12.0. The van der Waals surface area contributed by atoms with E-state index in [1.165, 1.54) is 5.56 Å². The Morgan fingerprint density at radius 3 is 2.89 bits per heavy atom. The molecular weight excluding hydrogens is 240 g/mol. The van der Waals surface area contributed by atoms with Crippen molar-refractivity contribution in [3.05, 3.63) is 23.8 Å². The van der Waals surface area contributed by atoms with Gasteiger partial charge < -0.3 is 14.3 Å². The van der Waals surface area contributed by atoms with E-state index in [4.69, 9.17) is 9.47 Å². The van der Waals surface area contributed by atoms with Crippen molar-refractivity contribution in [2.45, 2.75) is 52.1 Å². The summed E-state index contributed by atoms with van der Waals surface area (Å²) in [4.78, 5) is 10.8. The molecule has 0 saturated carbocycles. The molecule has 1 heterocycles. The number of rotatable bonds is 6. The van der Waals surface area contributed by atoms with E-state index in [-0.39, 0.29) is 11.4 Å². The number of ketones is 1. The van der Waals surface area contributed by atoms with E-state index < -0.39 is 0 Å². The van der Waals surface area contributed by atoms with Gasteiger partial charge in [0.25, 0.3) is 0 Å². The highest BCUT2D eigenvalue weighted by Crippen LogP contribution is 2.41. The number of para-hydroxylation sites is 1. The van der Waals surface area contributed by atoms with Gasteiger partial charge in [0.05, 0.1) is 6.61 Å². The van der Waals surface area contributed by atoms with Crippen molar-refractivity contribution in [2.75, 3.05) is 6.61 Å². The summed E-state index contributed by atoms with van der Waals surface area (Å²) in [7, 11) is 0. The average Bonchev–Trinajstić information content (AvgIpc) is 2.63. The Morgan fingerprint density at radius 1 is 1.37 bits per heavy atom. The predicted molar refractivity (Wildman–Crippen MR) is 74.9 cm³/mol. The SMILES string of the molecule is CC(=O)CCCCOc1cccc2c1OC(C)(C)C2. The second-order valence-corrected chi connectivity index (χ2v) is 5.79. The minimum Gasteiger partial charge on any atom is -0.490 e. The molecule has 0 spiro atoms. The van der Waals surface area contributed by atoms with Gasteiger partial charge in [-0.25, -0.2) is 0 Å². The monoisotopic (exact) mass is 262 g/mol. The molecule has 0 aromatic heterocycles. The molecule has 1 aliphatic rings. The molecule has 3 heteroatoms. The number of carbonyl (C=O) groups excluding carboxylic acids is 1. The largest absolute Gasteiger partial charge is 0.490 e. The van der Waals surface area contributed by atoms with E-state index in [0.717, 1.165) is 30.8 Å². The van der Waals surface area contributed by atoms with Gasteiger partial charge in [-0.05, 0) is 39.7 Å². The molecule has 0 atom stereocenters. The topological polar surface area (TPSA) is 35.5 Å². The fourth-order valence-electron chi connectivity index (χ4n) is 2.36. The van der Waals surface area contributed by atoms with Crippen LogP contribution in [0.3, 0.4) is 0 Å². The highest BCUT2D eigenvalue weighted by atomic mass is 16.5. The number of unbranched alkanes of at least 4 members (excludes halogenated alkanes) is 1. The van der Waals surface area contributed by atoms with Crippen molar-refractivity contribution >= 4 is 5.78 Å². The second-order valence-electron chi connectivity index (χ2n) is 5.79. The third-order valence-corrected chi connectivity index (χ3v) is 3.24. The molecule has 1 aromatic carbocycles. The molecule has 0 N–H and O–H groups in total. The predicted octanol–water partition coefficient (Wildman–Crippen LogP) is 3.54. The highest BCUT2D eigenvalue weighted by molar-refractivity contribution is 5.75. The summed E-state index contributed by atoms with van der Waals surface area (Å²) in [6.45, 7) is 6.43. The molecule has 0 saturated heterocycles. The maximum Gasteiger partial charge on any atom is 0.165 e. The second kappa shape index (κ2) is 5.64. The summed E-state index contributed by atoms with van der Waals surface area (Å²) in [5.41, 5.74) is 1.07. The molecule has 19 heavy (non-hydrogen) atoms. The molecule has 3 nitrogen and oxygen atoms in total. The Morgan fingerprint density at radius 2 is 2.16 bits per heavy atom. The van der Waals surface area contributed by atoms with E-state index in [2.05, 4.69) is 19.9 Å². The highest BCUT2D eigenvalue weighted by Gasteiger charge is 2.32. The van der Waals surface area contributed by atoms with Crippen LogP contribution in [0.25, 0.3) is 0 Å². The molecule has 1 aromatic rings. The first-order chi connectivity index (χ1) is 8.98. The minimum atomic E-state index is -0.142. The van der Waals surface area contributed by atoms with Gasteiger partial charge in [0, 0.05) is 18.4 Å². The molecule has 0 aliphatic carbocycles. The smallest absolute Gasteiger partial charge is 0.165 e. The van der Waals surface area contributed by atoms with Crippen LogP contribution in [0.2, 0.25) is 0 Å². The third kappa shape index (κ3) is 3.72. The van der Waals surface area contributed by atoms with Crippen LogP contribution in [0, 0.1) is 0 Å². The lowest BCUT2D eigenvalue weighted by Gasteiger charge is -2.18. The van der Waals surface area contributed by atoms with Gasteiger partial charge in [0.15, 0.2) is 11.5 Å². The number of hydrogen-bond acceptors (Lipinski definition) is 3. The molecule has 0 amide bonds. The lowest BCUT2D eigenvalue weighted by molar-refractivity contribution is -0.117. The first-order valence-electron chi connectivity index (χ1n) is 6.91. The number of hydrogen-bond donors (Lipinski definition) is 0. The van der Waals surface area contributed by atoms with Crippen LogP contribution in [0.15, 0.2) is 18.2 Å². The lowest BCUT2D eigenvalue weighted by Crippen LogP contribution is -2.24. The van der Waals surface area contributed by atoms with Gasteiger partial charge in [-0.15, -0.1) is 0 Å². The maximum atomic E-state index is 10.8. The van der Waals surface area contributed by atoms with Crippen LogP contribution >= 0.6 is 0 Å². The van der Waals surface area contributed by atoms with Gasteiger partial charge in [-0.2, -0.15) is 0 Å². The van der Waals surface area contributed by atoms with Crippen LogP contribution in [0.1, 0.15) is 45.6 Å². The van der Waals surface area contributed by atoms with Crippen LogP contribution in [-0.2, 0) is 11.2 Å². The molecular formula is C16H22O3. The van der Waals surface area contributed by atoms with E-state index >= 15 is 0 Å². The Hall–Kier alpha value is -1.51. The minimum absolute atomic E-state index is 0.142. The van der Waals surface area contributed by atoms with Gasteiger partial charge >= 0.3 is 0 Å². The number of benzene rings is 1. The fourth-order valence-corrected chi connectivity index (χ4v) is 2.36. The van der Waals surface area contributed by atoms with Crippen LogP contribution < -0.4 is 9.47 Å². The third-order valence-electron chi connectivity index (χ3n) is 3.24. The zero-order chi connectivity index (χ0) is 13.9. The van der Waals surface area contributed by atoms with E-state index in [9.17, 15) is 4.79 Å². The van der Waals surface area contributed by atoms with Crippen molar-refractivity contribution in [3.63, 3.8) is 0 Å². The van der Waals surface area contributed by atoms with Crippen LogP contribution in [0.5, 0.6) is 11.5 Å². The Balaban J connectivity index is 1.89. The Kier molecular flexibility index (Phi) is 4.13. The summed E-state index contributed by atoms with van der Waals surface area (Å²) < 4.78 is 11.7. The van der Waals surface area contributed by atoms with Crippen molar-refractivity contribution in [1.29, 1.82) is 0 Å². The number of carbonyl (C=O) groups is 1. The number of fused-ring (bicyclic) bond motifs is 1. The van der Waals surface area contributed by atoms with E-state index in [1.54, 1.807) is 6.92 Å². The summed E-state index contributed by atoms with van der Waals surface area (Å²) in [6.07, 6.45) is 3.34. The molecule has 0 fully saturated rings. The first kappa shape index (κ1) is 13.9. The normalized spacial score (nSPS) is 15.7. The molecule has 0 radical (unpaired) electrons. The summed E-state index contributed by atoms with van der Waals surface area (Å²) >= 11 is 0. The number of ether oxygens (including phenoxy) is 2. The van der Waals surface area contributed by atoms with Gasteiger partial charge in [-0.3, -0.25) is 0 Å². The van der Waals surface area contributed by atoms with Crippen molar-refractivity contribution < 1.29 is 14.3 Å². The van der Waals surface area contributed by atoms with E-state index in [1.807, 2.05) is 12.1 Å². The molecule has 0 unspecified atom stereocenters. The summed E-state index contributed by atoms with van der Waals surface area (Å²) in [6, 6.07) is 6.05. The van der Waals surface area contributed by atoms with Gasteiger partial charge in [0.1, 0.15) is 11.4 Å². The van der Waals surface area contributed by atoms with Gasteiger partial charge in [-0.1, -0.05) is 12.1 Å². The molecule has 1 aliphatic heterocycles. The van der Waals surface area contributed by atoms with Crippen LogP contribution in [0.4, 0.5) is 0 Å². The quantitative estimate of drug-likeness (QED) is 0.736. The average molecular weight is 262 g/mol. The first-order valence-corrected chi connectivity index (χ1v) is 6.91. The van der Waals surface area contributed by atoms with E-state index in [0.29, 0.717) is 13.0 Å². The zero-order valence-electron chi connectivity index (χ0n) is 12.0. The molecule has 0 bridgehead atoms. The fraction of sp³-hybridized carbons (Fsp3) is 0.562. The standard InChI is InChI=1S/C16H22O3/c1-12(17)7-4-5-10-18-14-9-6-8-13-11-16(2,3)19-15(13)14/h6,8-9H,4-5,7,10-11H2,1-3H3.